The highest BCUT2D eigenvalue weighted by molar-refractivity contribution is 9.10. The summed E-state index contributed by atoms with van der Waals surface area (Å²) in [5.41, 5.74) is 2.57. The van der Waals surface area contributed by atoms with E-state index in [9.17, 15) is 14.4 Å². The first-order chi connectivity index (χ1) is 19.4. The highest BCUT2D eigenvalue weighted by Crippen LogP contribution is 2.29. The average Bonchev–Trinajstić information content (AvgIpc) is 2.96. The van der Waals surface area contributed by atoms with E-state index >= 15 is 0 Å². The highest BCUT2D eigenvalue weighted by atomic mass is 79.9. The van der Waals surface area contributed by atoms with Gasteiger partial charge in [0.05, 0.1) is 5.25 Å². The van der Waals surface area contributed by atoms with Crippen molar-refractivity contribution in [3.05, 3.63) is 130 Å². The van der Waals surface area contributed by atoms with Crippen LogP contribution in [0.2, 0.25) is 0 Å². The van der Waals surface area contributed by atoms with Crippen LogP contribution in [0.3, 0.4) is 0 Å². The van der Waals surface area contributed by atoms with Gasteiger partial charge in [-0.1, -0.05) is 77.5 Å². The Hall–Kier alpha value is -4.14. The number of rotatable bonds is 10. The van der Waals surface area contributed by atoms with Crippen LogP contribution in [0.1, 0.15) is 29.3 Å². The van der Waals surface area contributed by atoms with E-state index in [0.29, 0.717) is 17.7 Å². The Balaban J connectivity index is 1.50. The maximum absolute atomic E-state index is 13.4. The zero-order valence-corrected chi connectivity index (χ0v) is 24.2. The second-order valence-electron chi connectivity index (χ2n) is 8.79. The zero-order chi connectivity index (χ0) is 28.3. The van der Waals surface area contributed by atoms with E-state index in [1.807, 2.05) is 85.8 Å². The van der Waals surface area contributed by atoms with E-state index in [1.165, 1.54) is 11.8 Å². The third-order valence-electron chi connectivity index (χ3n) is 5.76. The van der Waals surface area contributed by atoms with E-state index in [2.05, 4.69) is 31.9 Å². The van der Waals surface area contributed by atoms with E-state index in [1.54, 1.807) is 36.4 Å². The Bertz CT molecular complexity index is 1510. The molecule has 0 saturated heterocycles. The van der Waals surface area contributed by atoms with Crippen molar-refractivity contribution in [1.82, 2.24) is 5.32 Å². The number of nitrogens with one attached hydrogen (secondary N) is 3. The van der Waals surface area contributed by atoms with Gasteiger partial charge in [0.15, 0.2) is 0 Å². The molecule has 0 spiro atoms. The van der Waals surface area contributed by atoms with Crippen LogP contribution < -0.4 is 16.0 Å². The predicted molar refractivity (Wildman–Crippen MR) is 166 cm³/mol. The molecule has 0 aliphatic rings. The third kappa shape index (κ3) is 8.43. The van der Waals surface area contributed by atoms with Gasteiger partial charge in [-0.05, 0) is 72.7 Å². The number of hydrogen-bond donors (Lipinski definition) is 3. The van der Waals surface area contributed by atoms with Gasteiger partial charge < -0.3 is 16.0 Å². The predicted octanol–water partition coefficient (Wildman–Crippen LogP) is 7.37. The molecule has 3 amide bonds. The van der Waals surface area contributed by atoms with E-state index < -0.39 is 11.8 Å². The van der Waals surface area contributed by atoms with Crippen LogP contribution in [-0.2, 0) is 9.59 Å². The lowest BCUT2D eigenvalue weighted by molar-refractivity contribution is -0.116. The molecule has 0 aliphatic carbocycles. The van der Waals surface area contributed by atoms with Gasteiger partial charge in [-0.2, -0.15) is 0 Å². The molecule has 0 fully saturated rings. The molecule has 0 radical (unpaired) electrons. The quantitative estimate of drug-likeness (QED) is 0.129. The zero-order valence-electron chi connectivity index (χ0n) is 21.8. The standard InChI is InChI=1S/C32H28BrN3O3S/c1-2-29(32(39)34-25-15-7-4-8-16-25)40-27-18-10-17-26(21-27)35-31(38)28(20-22-11-9-14-24(33)19-22)36-30(37)23-12-5-3-6-13-23/h3-21,29H,2H2,1H3,(H,34,39)(H,35,38)(H,36,37)/b28-20+. The first-order valence-corrected chi connectivity index (χ1v) is 14.4. The fraction of sp³-hybridized carbons (Fsp3) is 0.0938. The summed E-state index contributed by atoms with van der Waals surface area (Å²) in [6, 6.07) is 32.8. The molecule has 6 nitrogen and oxygen atoms in total. The largest absolute Gasteiger partial charge is 0.325 e. The van der Waals surface area contributed by atoms with Crippen LogP contribution in [0.25, 0.3) is 6.08 Å². The number of benzene rings is 4. The number of hydrogen-bond acceptors (Lipinski definition) is 4. The van der Waals surface area contributed by atoms with Crippen molar-refractivity contribution < 1.29 is 14.4 Å². The molecule has 3 N–H and O–H groups in total. The van der Waals surface area contributed by atoms with Gasteiger partial charge in [-0.25, -0.2) is 0 Å². The number of carbonyl (C=O) groups excluding carboxylic acids is 3. The Morgan fingerprint density at radius 1 is 0.800 bits per heavy atom. The maximum atomic E-state index is 13.4. The SMILES string of the molecule is CCC(Sc1cccc(NC(=O)/C(=C\c2cccc(Br)c2)NC(=O)c2ccccc2)c1)C(=O)Nc1ccccc1. The third-order valence-corrected chi connectivity index (χ3v) is 7.61. The Morgan fingerprint density at radius 3 is 2.17 bits per heavy atom. The fourth-order valence-electron chi connectivity index (χ4n) is 3.78. The summed E-state index contributed by atoms with van der Waals surface area (Å²) < 4.78 is 0.849. The van der Waals surface area contributed by atoms with Crippen LogP contribution in [0.5, 0.6) is 0 Å². The molecular formula is C32H28BrN3O3S. The van der Waals surface area contributed by atoms with Crippen molar-refractivity contribution in [3.63, 3.8) is 0 Å². The topological polar surface area (TPSA) is 87.3 Å². The molecule has 202 valence electrons. The van der Waals surface area contributed by atoms with Gasteiger partial charge in [0, 0.05) is 26.3 Å². The summed E-state index contributed by atoms with van der Waals surface area (Å²) in [6.07, 6.45) is 2.26. The molecule has 0 bridgehead atoms. The molecular weight excluding hydrogens is 586 g/mol. The van der Waals surface area contributed by atoms with Crippen molar-refractivity contribution in [1.29, 1.82) is 0 Å². The summed E-state index contributed by atoms with van der Waals surface area (Å²) in [6.45, 7) is 1.96. The second kappa shape index (κ2) is 14.3. The normalized spacial score (nSPS) is 11.8. The Labute approximate surface area is 246 Å². The smallest absolute Gasteiger partial charge is 0.272 e. The number of carbonyl (C=O) groups is 3. The van der Waals surface area contributed by atoms with Gasteiger partial charge >= 0.3 is 0 Å². The number of amides is 3. The van der Waals surface area contributed by atoms with Gasteiger partial charge in [-0.15, -0.1) is 11.8 Å². The molecule has 4 aromatic carbocycles. The van der Waals surface area contributed by atoms with E-state index in [0.717, 1.165) is 20.6 Å². The summed E-state index contributed by atoms with van der Waals surface area (Å²) in [4.78, 5) is 40.0. The molecule has 8 heteroatoms. The van der Waals surface area contributed by atoms with Crippen LogP contribution in [-0.4, -0.2) is 23.0 Å². The van der Waals surface area contributed by atoms with E-state index in [-0.39, 0.29) is 16.9 Å². The summed E-state index contributed by atoms with van der Waals surface area (Å²) >= 11 is 4.87. The van der Waals surface area contributed by atoms with Crippen LogP contribution in [0.15, 0.2) is 124 Å². The van der Waals surface area contributed by atoms with Crippen molar-refractivity contribution in [3.8, 4) is 0 Å². The summed E-state index contributed by atoms with van der Waals surface area (Å²) in [5, 5.41) is 8.28. The van der Waals surface area contributed by atoms with Crippen LogP contribution in [0, 0.1) is 0 Å². The molecule has 0 heterocycles. The molecule has 4 rings (SSSR count). The minimum absolute atomic E-state index is 0.0870. The lowest BCUT2D eigenvalue weighted by Crippen LogP contribution is -2.30. The first-order valence-electron chi connectivity index (χ1n) is 12.7. The number of para-hydroxylation sites is 1. The lowest BCUT2D eigenvalue weighted by Gasteiger charge is -2.16. The minimum Gasteiger partial charge on any atom is -0.325 e. The number of anilines is 2. The minimum atomic E-state index is -0.472. The van der Waals surface area contributed by atoms with Crippen molar-refractivity contribution in [2.75, 3.05) is 10.6 Å². The summed E-state index contributed by atoms with van der Waals surface area (Å²) in [7, 11) is 0. The van der Waals surface area contributed by atoms with Crippen molar-refractivity contribution in [2.45, 2.75) is 23.5 Å². The van der Waals surface area contributed by atoms with Crippen LogP contribution >= 0.6 is 27.7 Å². The number of thioether (sulfide) groups is 1. The molecule has 1 unspecified atom stereocenters. The van der Waals surface area contributed by atoms with Crippen molar-refractivity contribution in [2.24, 2.45) is 0 Å². The van der Waals surface area contributed by atoms with Gasteiger partial charge in [0.2, 0.25) is 5.91 Å². The summed E-state index contributed by atoms with van der Waals surface area (Å²) in [5.74, 6) is -0.951. The van der Waals surface area contributed by atoms with Crippen molar-refractivity contribution >= 4 is 62.9 Å². The molecule has 0 saturated carbocycles. The Morgan fingerprint density at radius 2 is 1.48 bits per heavy atom. The van der Waals surface area contributed by atoms with Crippen LogP contribution in [0.4, 0.5) is 11.4 Å². The van der Waals surface area contributed by atoms with Gasteiger partial charge in [0.1, 0.15) is 5.70 Å². The molecule has 4 aromatic rings. The number of halogens is 1. The molecule has 1 atom stereocenters. The average molecular weight is 615 g/mol. The molecule has 40 heavy (non-hydrogen) atoms. The Kier molecular flexibility index (Phi) is 10.3. The lowest BCUT2D eigenvalue weighted by atomic mass is 10.1. The van der Waals surface area contributed by atoms with Gasteiger partial charge in [0.25, 0.3) is 11.8 Å². The fourth-order valence-corrected chi connectivity index (χ4v) is 5.21. The van der Waals surface area contributed by atoms with E-state index in [4.69, 9.17) is 0 Å². The van der Waals surface area contributed by atoms with Gasteiger partial charge in [-0.3, -0.25) is 14.4 Å². The monoisotopic (exact) mass is 613 g/mol. The maximum Gasteiger partial charge on any atom is 0.272 e. The highest BCUT2D eigenvalue weighted by Gasteiger charge is 2.19. The molecule has 0 aliphatic heterocycles. The second-order valence-corrected chi connectivity index (χ2v) is 11.0. The molecule has 0 aromatic heterocycles. The first kappa shape index (κ1) is 28.9.